The molecule has 1 heterocycles. The zero-order valence-electron chi connectivity index (χ0n) is 12.9. The van der Waals surface area contributed by atoms with Gasteiger partial charge in [-0.1, -0.05) is 6.07 Å². The van der Waals surface area contributed by atoms with Crippen LogP contribution in [0.4, 0.5) is 0 Å². The summed E-state index contributed by atoms with van der Waals surface area (Å²) in [5, 5.41) is 3.13. The molecule has 1 aromatic rings. The van der Waals surface area contributed by atoms with Crippen LogP contribution in [0.2, 0.25) is 0 Å². The van der Waals surface area contributed by atoms with Crippen molar-refractivity contribution in [3.8, 4) is 0 Å². The zero-order valence-corrected chi connectivity index (χ0v) is 12.9. The summed E-state index contributed by atoms with van der Waals surface area (Å²) in [5.41, 5.74) is 2.30. The van der Waals surface area contributed by atoms with Gasteiger partial charge < -0.3 is 14.8 Å². The van der Waals surface area contributed by atoms with Gasteiger partial charge in [-0.05, 0) is 25.1 Å². The maximum Gasteiger partial charge on any atom is 0.0589 e. The number of ether oxygens (including phenoxy) is 2. The molecule has 1 N–H and O–H groups in total. The lowest BCUT2D eigenvalue weighted by Gasteiger charge is -2.21. The number of nitrogens with zero attached hydrogens (tertiary/aromatic N) is 2. The summed E-state index contributed by atoms with van der Waals surface area (Å²) in [4.78, 5) is 6.87. The second-order valence-corrected chi connectivity index (χ2v) is 4.80. The predicted octanol–water partition coefficient (Wildman–Crippen LogP) is 1.29. The summed E-state index contributed by atoms with van der Waals surface area (Å²) in [6.07, 6.45) is 2.97. The highest BCUT2D eigenvalue weighted by Gasteiger charge is 2.06. The van der Waals surface area contributed by atoms with Crippen molar-refractivity contribution in [1.82, 2.24) is 15.2 Å². The first-order valence-corrected chi connectivity index (χ1v) is 7.08. The molecule has 5 heteroatoms. The molecule has 0 fully saturated rings. The smallest absolute Gasteiger partial charge is 0.0589 e. The Bertz CT molecular complexity index is 343. The Balaban J connectivity index is 2.48. The minimum Gasteiger partial charge on any atom is -0.385 e. The van der Waals surface area contributed by atoms with Crippen molar-refractivity contribution >= 4 is 0 Å². The fraction of sp³-hybridized carbons (Fsp3) is 0.667. The number of nitrogens with one attached hydrogen (secondary N) is 1. The highest BCUT2D eigenvalue weighted by molar-refractivity contribution is 5.13. The minimum absolute atomic E-state index is 0.741. The number of hydrogen-bond donors (Lipinski definition) is 1. The van der Waals surface area contributed by atoms with E-state index >= 15 is 0 Å². The van der Waals surface area contributed by atoms with Gasteiger partial charge in [0.15, 0.2) is 0 Å². The first-order chi connectivity index (χ1) is 9.80. The molecule has 0 saturated carbocycles. The molecular formula is C15H27N3O2. The monoisotopic (exact) mass is 281 g/mol. The van der Waals surface area contributed by atoms with Gasteiger partial charge in [-0.15, -0.1) is 0 Å². The van der Waals surface area contributed by atoms with Gasteiger partial charge in [-0.25, -0.2) is 0 Å². The molecule has 0 unspecified atom stereocenters. The molecular weight excluding hydrogens is 254 g/mol. The molecule has 0 aromatic carbocycles. The summed E-state index contributed by atoms with van der Waals surface area (Å²) in [7, 11) is 5.41. The maximum absolute atomic E-state index is 5.17. The van der Waals surface area contributed by atoms with E-state index in [9.17, 15) is 0 Å². The lowest BCUT2D eigenvalue weighted by atomic mass is 10.2. The Morgan fingerprint density at radius 2 is 1.95 bits per heavy atom. The molecule has 0 amide bonds. The van der Waals surface area contributed by atoms with Gasteiger partial charge in [0.05, 0.1) is 12.3 Å². The molecule has 0 atom stereocenters. The molecule has 0 radical (unpaired) electrons. The number of pyridine rings is 1. The van der Waals surface area contributed by atoms with Gasteiger partial charge in [-0.2, -0.15) is 0 Å². The normalized spacial score (nSPS) is 11.2. The number of hydrogen-bond acceptors (Lipinski definition) is 5. The average molecular weight is 281 g/mol. The van der Waals surface area contributed by atoms with E-state index in [-0.39, 0.29) is 0 Å². The Morgan fingerprint density at radius 1 is 1.15 bits per heavy atom. The van der Waals surface area contributed by atoms with Crippen LogP contribution in [-0.2, 0) is 22.6 Å². The number of methoxy groups -OCH3 is 2. The molecule has 0 saturated heterocycles. The van der Waals surface area contributed by atoms with Crippen LogP contribution in [0, 0.1) is 0 Å². The van der Waals surface area contributed by atoms with E-state index in [1.165, 1.54) is 5.56 Å². The molecule has 0 spiro atoms. The van der Waals surface area contributed by atoms with E-state index in [2.05, 4.69) is 27.3 Å². The summed E-state index contributed by atoms with van der Waals surface area (Å²) >= 11 is 0. The largest absolute Gasteiger partial charge is 0.385 e. The van der Waals surface area contributed by atoms with E-state index in [1.807, 2.05) is 13.2 Å². The van der Waals surface area contributed by atoms with Crippen molar-refractivity contribution in [2.75, 3.05) is 47.6 Å². The lowest BCUT2D eigenvalue weighted by molar-refractivity contribution is 0.128. The van der Waals surface area contributed by atoms with Crippen molar-refractivity contribution in [3.63, 3.8) is 0 Å². The Labute approximate surface area is 122 Å². The topological polar surface area (TPSA) is 46.6 Å². The first-order valence-electron chi connectivity index (χ1n) is 7.08. The van der Waals surface area contributed by atoms with Gasteiger partial charge in [-0.3, -0.25) is 9.88 Å². The number of rotatable bonds is 11. The van der Waals surface area contributed by atoms with Crippen LogP contribution in [0.25, 0.3) is 0 Å². The molecule has 20 heavy (non-hydrogen) atoms. The molecule has 0 aliphatic rings. The van der Waals surface area contributed by atoms with Crippen LogP contribution < -0.4 is 5.32 Å². The van der Waals surface area contributed by atoms with Crippen molar-refractivity contribution in [2.24, 2.45) is 0 Å². The highest BCUT2D eigenvalue weighted by atomic mass is 16.5. The molecule has 114 valence electrons. The lowest BCUT2D eigenvalue weighted by Crippen LogP contribution is -2.29. The van der Waals surface area contributed by atoms with Crippen LogP contribution in [0.3, 0.4) is 0 Å². The summed E-state index contributed by atoms with van der Waals surface area (Å²) in [6.45, 7) is 5.15. The van der Waals surface area contributed by atoms with E-state index in [4.69, 9.17) is 9.47 Å². The van der Waals surface area contributed by atoms with Crippen LogP contribution in [0.15, 0.2) is 18.3 Å². The second-order valence-electron chi connectivity index (χ2n) is 4.80. The zero-order chi connectivity index (χ0) is 14.6. The third-order valence-electron chi connectivity index (χ3n) is 3.09. The van der Waals surface area contributed by atoms with E-state index in [0.29, 0.717) is 0 Å². The van der Waals surface area contributed by atoms with Gasteiger partial charge in [0.25, 0.3) is 0 Å². The standard InChI is InChI=1S/C15H27N3O2/c1-16-11-14-5-6-15(17-12-14)13-18(8-10-20-3)7-4-9-19-2/h5-6,12,16H,4,7-11,13H2,1-3H3. The SMILES string of the molecule is CNCc1ccc(CN(CCCOC)CCOC)nc1. The maximum atomic E-state index is 5.17. The predicted molar refractivity (Wildman–Crippen MR) is 80.6 cm³/mol. The van der Waals surface area contributed by atoms with E-state index in [1.54, 1.807) is 14.2 Å². The third kappa shape index (κ3) is 6.96. The third-order valence-corrected chi connectivity index (χ3v) is 3.09. The van der Waals surface area contributed by atoms with Crippen LogP contribution in [-0.4, -0.2) is 57.5 Å². The van der Waals surface area contributed by atoms with Crippen molar-refractivity contribution < 1.29 is 9.47 Å². The average Bonchev–Trinajstić information content (AvgIpc) is 2.47. The van der Waals surface area contributed by atoms with Crippen LogP contribution in [0.5, 0.6) is 0 Å². The quantitative estimate of drug-likeness (QED) is 0.619. The molecule has 0 aliphatic carbocycles. The fourth-order valence-electron chi connectivity index (χ4n) is 2.01. The number of aromatic nitrogens is 1. The summed E-state index contributed by atoms with van der Waals surface area (Å²) in [6, 6.07) is 4.23. The van der Waals surface area contributed by atoms with E-state index in [0.717, 1.165) is 51.5 Å². The second kappa shape index (κ2) is 10.7. The van der Waals surface area contributed by atoms with Crippen molar-refractivity contribution in [1.29, 1.82) is 0 Å². The Morgan fingerprint density at radius 3 is 2.55 bits per heavy atom. The summed E-state index contributed by atoms with van der Waals surface area (Å²) < 4.78 is 10.3. The fourth-order valence-corrected chi connectivity index (χ4v) is 2.01. The van der Waals surface area contributed by atoms with Crippen LogP contribution >= 0.6 is 0 Å². The van der Waals surface area contributed by atoms with Crippen molar-refractivity contribution in [3.05, 3.63) is 29.6 Å². The molecule has 1 aromatic heterocycles. The Hall–Kier alpha value is -1.01. The van der Waals surface area contributed by atoms with Crippen LogP contribution in [0.1, 0.15) is 17.7 Å². The molecule has 5 nitrogen and oxygen atoms in total. The van der Waals surface area contributed by atoms with Gasteiger partial charge in [0.1, 0.15) is 0 Å². The Kier molecular flexibility index (Phi) is 9.15. The molecule has 0 bridgehead atoms. The molecule has 1 rings (SSSR count). The highest BCUT2D eigenvalue weighted by Crippen LogP contribution is 2.05. The van der Waals surface area contributed by atoms with Gasteiger partial charge in [0, 0.05) is 53.2 Å². The first kappa shape index (κ1) is 17.0. The van der Waals surface area contributed by atoms with Gasteiger partial charge in [0.2, 0.25) is 0 Å². The van der Waals surface area contributed by atoms with Gasteiger partial charge >= 0.3 is 0 Å². The van der Waals surface area contributed by atoms with Crippen molar-refractivity contribution in [2.45, 2.75) is 19.5 Å². The minimum atomic E-state index is 0.741. The van der Waals surface area contributed by atoms with E-state index < -0.39 is 0 Å². The molecule has 0 aliphatic heterocycles. The summed E-state index contributed by atoms with van der Waals surface area (Å²) in [5.74, 6) is 0.